The molecular formula is C12H27NO. The Labute approximate surface area is 88.9 Å². The van der Waals surface area contributed by atoms with Crippen molar-refractivity contribution in [2.75, 3.05) is 13.2 Å². The molecule has 0 saturated heterocycles. The van der Waals surface area contributed by atoms with E-state index in [2.05, 4.69) is 27.7 Å². The molecule has 0 aromatic heterocycles. The molecule has 0 rings (SSSR count). The number of hydrogen-bond acceptors (Lipinski definition) is 2. The number of aliphatic hydroxyl groups excluding tert-OH is 1. The van der Waals surface area contributed by atoms with Crippen LogP contribution < -0.4 is 5.73 Å². The maximum Gasteiger partial charge on any atom is 0.0502 e. The summed E-state index contributed by atoms with van der Waals surface area (Å²) >= 11 is 0. The van der Waals surface area contributed by atoms with E-state index in [4.69, 9.17) is 5.73 Å². The maximum absolute atomic E-state index is 9.51. The topological polar surface area (TPSA) is 46.2 Å². The molecule has 0 aliphatic heterocycles. The van der Waals surface area contributed by atoms with E-state index in [9.17, 15) is 5.11 Å². The van der Waals surface area contributed by atoms with Gasteiger partial charge in [-0.3, -0.25) is 0 Å². The van der Waals surface area contributed by atoms with Crippen LogP contribution in [-0.4, -0.2) is 18.3 Å². The van der Waals surface area contributed by atoms with E-state index in [-0.39, 0.29) is 12.0 Å². The van der Waals surface area contributed by atoms with E-state index in [1.165, 1.54) is 12.8 Å². The molecule has 0 heterocycles. The first-order valence-corrected chi connectivity index (χ1v) is 5.87. The smallest absolute Gasteiger partial charge is 0.0502 e. The summed E-state index contributed by atoms with van der Waals surface area (Å²) in [6, 6.07) is 0. The van der Waals surface area contributed by atoms with Gasteiger partial charge in [-0.2, -0.15) is 0 Å². The molecule has 0 aromatic carbocycles. The molecule has 0 bridgehead atoms. The van der Waals surface area contributed by atoms with Crippen molar-refractivity contribution in [3.05, 3.63) is 0 Å². The van der Waals surface area contributed by atoms with Crippen LogP contribution in [0.3, 0.4) is 0 Å². The van der Waals surface area contributed by atoms with Crippen LogP contribution in [0.4, 0.5) is 0 Å². The Balaban J connectivity index is 4.48. The lowest BCUT2D eigenvalue weighted by atomic mass is 9.70. The normalized spacial score (nSPS) is 16.3. The first-order chi connectivity index (χ1) is 6.56. The van der Waals surface area contributed by atoms with Gasteiger partial charge in [-0.15, -0.1) is 0 Å². The zero-order chi connectivity index (χ0) is 11.2. The van der Waals surface area contributed by atoms with Crippen LogP contribution in [0.15, 0.2) is 0 Å². The summed E-state index contributed by atoms with van der Waals surface area (Å²) in [6.45, 7) is 9.56. The number of nitrogens with two attached hydrogens (primary N) is 1. The van der Waals surface area contributed by atoms with Gasteiger partial charge in [-0.1, -0.05) is 40.5 Å². The van der Waals surface area contributed by atoms with Crippen molar-refractivity contribution in [2.24, 2.45) is 23.0 Å². The second-order valence-corrected chi connectivity index (χ2v) is 4.77. The lowest BCUT2D eigenvalue weighted by Crippen LogP contribution is -2.40. The van der Waals surface area contributed by atoms with Gasteiger partial charge < -0.3 is 10.8 Å². The largest absolute Gasteiger partial charge is 0.396 e. The molecule has 2 heteroatoms. The zero-order valence-electron chi connectivity index (χ0n) is 10.2. The van der Waals surface area contributed by atoms with Gasteiger partial charge in [0.2, 0.25) is 0 Å². The Morgan fingerprint density at radius 1 is 1.21 bits per heavy atom. The van der Waals surface area contributed by atoms with Gasteiger partial charge in [-0.05, 0) is 18.3 Å². The molecule has 0 radical (unpaired) electrons. The van der Waals surface area contributed by atoms with E-state index in [1.54, 1.807) is 0 Å². The SMILES string of the molecule is CCC(CC)CC(CN)(CO)C(C)C. The average molecular weight is 201 g/mol. The average Bonchev–Trinajstić information content (AvgIpc) is 2.20. The molecular weight excluding hydrogens is 174 g/mol. The van der Waals surface area contributed by atoms with Crippen molar-refractivity contribution in [2.45, 2.75) is 47.0 Å². The Bertz CT molecular complexity index is 137. The molecule has 0 fully saturated rings. The van der Waals surface area contributed by atoms with E-state index in [0.717, 1.165) is 6.42 Å². The van der Waals surface area contributed by atoms with Crippen LogP contribution in [-0.2, 0) is 0 Å². The third kappa shape index (κ3) is 3.25. The first-order valence-electron chi connectivity index (χ1n) is 5.87. The highest BCUT2D eigenvalue weighted by Crippen LogP contribution is 2.35. The van der Waals surface area contributed by atoms with Gasteiger partial charge in [0.05, 0.1) is 6.61 Å². The van der Waals surface area contributed by atoms with Crippen LogP contribution in [0.5, 0.6) is 0 Å². The van der Waals surface area contributed by atoms with Crippen molar-refractivity contribution < 1.29 is 5.11 Å². The molecule has 2 nitrogen and oxygen atoms in total. The van der Waals surface area contributed by atoms with Crippen molar-refractivity contribution >= 4 is 0 Å². The standard InChI is InChI=1S/C12H27NO/c1-5-11(6-2)7-12(8-13,9-14)10(3)4/h10-11,14H,5-9,13H2,1-4H3. The molecule has 0 aliphatic rings. The predicted molar refractivity (Wildman–Crippen MR) is 62.1 cm³/mol. The number of hydrogen-bond donors (Lipinski definition) is 2. The Kier molecular flexibility index (Phi) is 6.38. The summed E-state index contributed by atoms with van der Waals surface area (Å²) in [5.74, 6) is 1.16. The highest BCUT2D eigenvalue weighted by atomic mass is 16.3. The van der Waals surface area contributed by atoms with Crippen LogP contribution in [0.1, 0.15) is 47.0 Å². The minimum absolute atomic E-state index is 0.0588. The zero-order valence-corrected chi connectivity index (χ0v) is 10.2. The maximum atomic E-state index is 9.51. The van der Waals surface area contributed by atoms with E-state index in [0.29, 0.717) is 18.4 Å². The van der Waals surface area contributed by atoms with Gasteiger partial charge >= 0.3 is 0 Å². The summed E-state index contributed by atoms with van der Waals surface area (Å²) in [4.78, 5) is 0. The lowest BCUT2D eigenvalue weighted by Gasteiger charge is -2.37. The second-order valence-electron chi connectivity index (χ2n) is 4.77. The third-order valence-corrected chi connectivity index (χ3v) is 3.80. The van der Waals surface area contributed by atoms with Gasteiger partial charge in [0.15, 0.2) is 0 Å². The van der Waals surface area contributed by atoms with Crippen LogP contribution in [0.2, 0.25) is 0 Å². The first kappa shape index (κ1) is 13.9. The van der Waals surface area contributed by atoms with Gasteiger partial charge in [-0.25, -0.2) is 0 Å². The molecule has 0 aromatic rings. The monoisotopic (exact) mass is 201 g/mol. The molecule has 0 saturated carbocycles. The molecule has 14 heavy (non-hydrogen) atoms. The Hall–Kier alpha value is -0.0800. The molecule has 1 unspecified atom stereocenters. The highest BCUT2D eigenvalue weighted by molar-refractivity contribution is 4.84. The van der Waals surface area contributed by atoms with Crippen LogP contribution in [0.25, 0.3) is 0 Å². The van der Waals surface area contributed by atoms with Crippen molar-refractivity contribution in [3.63, 3.8) is 0 Å². The predicted octanol–water partition coefficient (Wildman–Crippen LogP) is 2.41. The summed E-state index contributed by atoms with van der Waals surface area (Å²) in [6.07, 6.45) is 3.43. The quantitative estimate of drug-likeness (QED) is 0.664. The minimum atomic E-state index is -0.0588. The van der Waals surface area contributed by atoms with Crippen LogP contribution in [0, 0.1) is 17.3 Å². The van der Waals surface area contributed by atoms with Crippen molar-refractivity contribution in [3.8, 4) is 0 Å². The molecule has 86 valence electrons. The summed E-state index contributed by atoms with van der Waals surface area (Å²) < 4.78 is 0. The Morgan fingerprint density at radius 3 is 1.93 bits per heavy atom. The highest BCUT2D eigenvalue weighted by Gasteiger charge is 2.33. The van der Waals surface area contributed by atoms with Crippen molar-refractivity contribution in [1.29, 1.82) is 0 Å². The molecule has 0 aliphatic carbocycles. The molecule has 1 atom stereocenters. The molecule has 0 amide bonds. The number of aliphatic hydroxyl groups is 1. The minimum Gasteiger partial charge on any atom is -0.396 e. The van der Waals surface area contributed by atoms with Gasteiger partial charge in [0.1, 0.15) is 0 Å². The Morgan fingerprint density at radius 2 is 1.71 bits per heavy atom. The fraction of sp³-hybridized carbons (Fsp3) is 1.00. The third-order valence-electron chi connectivity index (χ3n) is 3.80. The van der Waals surface area contributed by atoms with E-state index >= 15 is 0 Å². The lowest BCUT2D eigenvalue weighted by molar-refractivity contribution is 0.0559. The van der Waals surface area contributed by atoms with Gasteiger partial charge in [0.25, 0.3) is 0 Å². The number of rotatable bonds is 7. The summed E-state index contributed by atoms with van der Waals surface area (Å²) in [7, 11) is 0. The van der Waals surface area contributed by atoms with Gasteiger partial charge in [0, 0.05) is 12.0 Å². The second kappa shape index (κ2) is 6.41. The van der Waals surface area contributed by atoms with Crippen molar-refractivity contribution in [1.82, 2.24) is 0 Å². The van der Waals surface area contributed by atoms with E-state index in [1.807, 2.05) is 0 Å². The fourth-order valence-electron chi connectivity index (χ4n) is 2.02. The fourth-order valence-corrected chi connectivity index (χ4v) is 2.02. The van der Waals surface area contributed by atoms with E-state index < -0.39 is 0 Å². The molecule has 0 spiro atoms. The summed E-state index contributed by atoms with van der Waals surface area (Å²) in [5, 5.41) is 9.51. The summed E-state index contributed by atoms with van der Waals surface area (Å²) in [5.41, 5.74) is 5.76. The molecule has 3 N–H and O–H groups in total. The van der Waals surface area contributed by atoms with Crippen LogP contribution >= 0.6 is 0 Å².